The van der Waals surface area contributed by atoms with Crippen molar-refractivity contribution in [2.24, 2.45) is 0 Å². The van der Waals surface area contributed by atoms with Gasteiger partial charge in [0.1, 0.15) is 0 Å². The molecule has 4 heteroatoms. The molecule has 0 bridgehead atoms. The Bertz CT molecular complexity index is 322. The minimum Gasteiger partial charge on any atom is -0.381 e. The minimum absolute atomic E-state index is 0.386. The van der Waals surface area contributed by atoms with Gasteiger partial charge in [-0.05, 0) is 36.8 Å². The van der Waals surface area contributed by atoms with Crippen LogP contribution in [0.25, 0.3) is 0 Å². The Morgan fingerprint density at radius 2 is 2.33 bits per heavy atom. The van der Waals surface area contributed by atoms with Crippen molar-refractivity contribution in [3.63, 3.8) is 0 Å². The number of hydrogen-bond acceptors (Lipinski definition) is 3. The highest BCUT2D eigenvalue weighted by atomic mass is 35.5. The Morgan fingerprint density at radius 1 is 1.60 bits per heavy atom. The molecule has 0 spiro atoms. The molecule has 0 aromatic carbocycles. The summed E-state index contributed by atoms with van der Waals surface area (Å²) in [6, 6.07) is 3.02. The summed E-state index contributed by atoms with van der Waals surface area (Å²) in [7, 11) is 1.78. The van der Waals surface area contributed by atoms with Crippen LogP contribution in [0.4, 0.5) is 0 Å². The molecule has 1 unspecified atom stereocenters. The number of methoxy groups -OCH3 is 1. The van der Waals surface area contributed by atoms with E-state index < -0.39 is 0 Å². The number of halogens is 1. The van der Waals surface area contributed by atoms with Gasteiger partial charge in [-0.1, -0.05) is 11.6 Å². The fourth-order valence-electron chi connectivity index (χ4n) is 1.89. The van der Waals surface area contributed by atoms with Crippen molar-refractivity contribution in [3.05, 3.63) is 21.3 Å². The first-order valence-electron chi connectivity index (χ1n) is 5.22. The fourth-order valence-corrected chi connectivity index (χ4v) is 2.88. The molecule has 15 heavy (non-hydrogen) atoms. The van der Waals surface area contributed by atoms with Crippen molar-refractivity contribution < 1.29 is 4.74 Å². The maximum atomic E-state index is 5.91. The lowest BCUT2D eigenvalue weighted by molar-refractivity contribution is 0.0147. The second-order valence-electron chi connectivity index (χ2n) is 4.10. The first kappa shape index (κ1) is 11.4. The summed E-state index contributed by atoms with van der Waals surface area (Å²) in [4.78, 5) is 0. The van der Waals surface area contributed by atoms with Crippen LogP contribution in [0.2, 0.25) is 4.34 Å². The van der Waals surface area contributed by atoms with E-state index in [0.29, 0.717) is 18.2 Å². The lowest BCUT2D eigenvalue weighted by Crippen LogP contribution is -2.45. The summed E-state index contributed by atoms with van der Waals surface area (Å²) < 4.78 is 6.11. The number of hydrogen-bond donors (Lipinski definition) is 1. The zero-order valence-corrected chi connectivity index (χ0v) is 10.6. The number of thiophene rings is 1. The Labute approximate surface area is 99.6 Å². The van der Waals surface area contributed by atoms with Crippen molar-refractivity contribution in [1.29, 1.82) is 0 Å². The van der Waals surface area contributed by atoms with Crippen LogP contribution in [-0.2, 0) is 4.74 Å². The molecule has 84 valence electrons. The van der Waals surface area contributed by atoms with Crippen LogP contribution in [0.3, 0.4) is 0 Å². The molecule has 1 saturated carbocycles. The van der Waals surface area contributed by atoms with E-state index in [2.05, 4.69) is 17.6 Å². The van der Waals surface area contributed by atoms with E-state index in [1.54, 1.807) is 18.4 Å². The molecule has 0 saturated heterocycles. The second kappa shape index (κ2) is 4.83. The smallest absolute Gasteiger partial charge is 0.0931 e. The van der Waals surface area contributed by atoms with Crippen molar-refractivity contribution >= 4 is 22.9 Å². The highest BCUT2D eigenvalue weighted by Gasteiger charge is 2.29. The maximum Gasteiger partial charge on any atom is 0.0931 e. The van der Waals surface area contributed by atoms with Gasteiger partial charge in [0.25, 0.3) is 0 Å². The second-order valence-corrected chi connectivity index (χ2v) is 5.64. The summed E-state index contributed by atoms with van der Waals surface area (Å²) in [5, 5.41) is 5.70. The quantitative estimate of drug-likeness (QED) is 0.880. The zero-order valence-electron chi connectivity index (χ0n) is 9.00. The molecule has 1 aromatic rings. The Morgan fingerprint density at radius 3 is 2.87 bits per heavy atom. The van der Waals surface area contributed by atoms with Crippen molar-refractivity contribution in [2.45, 2.75) is 38.0 Å². The van der Waals surface area contributed by atoms with E-state index in [4.69, 9.17) is 16.3 Å². The first-order valence-corrected chi connectivity index (χ1v) is 6.47. The molecule has 1 heterocycles. The van der Waals surface area contributed by atoms with Gasteiger partial charge < -0.3 is 10.1 Å². The largest absolute Gasteiger partial charge is 0.381 e. The van der Waals surface area contributed by atoms with E-state index in [9.17, 15) is 0 Å². The van der Waals surface area contributed by atoms with Gasteiger partial charge in [-0.3, -0.25) is 0 Å². The summed E-state index contributed by atoms with van der Waals surface area (Å²) in [6.07, 6.45) is 2.71. The Kier molecular flexibility index (Phi) is 3.67. The SMILES string of the molecule is COC1CC(NC(C)c2csc(Cl)c2)C1. The molecule has 0 aliphatic heterocycles. The number of ether oxygens (including phenoxy) is 1. The molecule has 2 nitrogen and oxygen atoms in total. The Balaban J connectivity index is 1.81. The number of nitrogens with one attached hydrogen (secondary N) is 1. The zero-order chi connectivity index (χ0) is 10.8. The lowest BCUT2D eigenvalue weighted by atomic mass is 9.88. The van der Waals surface area contributed by atoms with Crippen LogP contribution in [-0.4, -0.2) is 19.3 Å². The molecule has 0 radical (unpaired) electrons. The molecule has 1 N–H and O–H groups in total. The van der Waals surface area contributed by atoms with E-state index in [0.717, 1.165) is 17.2 Å². The van der Waals surface area contributed by atoms with Gasteiger partial charge in [0.2, 0.25) is 0 Å². The van der Waals surface area contributed by atoms with Crippen molar-refractivity contribution in [3.8, 4) is 0 Å². The van der Waals surface area contributed by atoms with Gasteiger partial charge in [-0.25, -0.2) is 0 Å². The summed E-state index contributed by atoms with van der Waals surface area (Å²) in [5.74, 6) is 0. The molecule has 1 aliphatic carbocycles. The molecule has 2 rings (SSSR count). The average Bonchev–Trinajstić information content (AvgIpc) is 2.57. The normalized spacial score (nSPS) is 27.4. The fraction of sp³-hybridized carbons (Fsp3) is 0.636. The van der Waals surface area contributed by atoms with Crippen molar-refractivity contribution in [2.75, 3.05) is 7.11 Å². The van der Waals surface area contributed by atoms with Gasteiger partial charge >= 0.3 is 0 Å². The van der Waals surface area contributed by atoms with Crippen LogP contribution >= 0.6 is 22.9 Å². The average molecular weight is 246 g/mol. The molecule has 1 fully saturated rings. The van der Waals surface area contributed by atoms with Crippen LogP contribution in [0.15, 0.2) is 11.4 Å². The number of rotatable bonds is 4. The van der Waals surface area contributed by atoms with E-state index >= 15 is 0 Å². The van der Waals surface area contributed by atoms with E-state index in [1.165, 1.54) is 5.56 Å². The van der Waals surface area contributed by atoms with Gasteiger partial charge in [-0.2, -0.15) is 0 Å². The molecule has 1 aromatic heterocycles. The molecular formula is C11H16ClNOS. The third-order valence-electron chi connectivity index (χ3n) is 3.00. The van der Waals surface area contributed by atoms with E-state index in [-0.39, 0.29) is 0 Å². The Hall–Kier alpha value is -0.0900. The molecule has 1 aliphatic rings. The predicted octanol–water partition coefficient (Wildman–Crippen LogP) is 3.23. The minimum atomic E-state index is 0.386. The molecule has 1 atom stereocenters. The summed E-state index contributed by atoms with van der Waals surface area (Å²) in [5.41, 5.74) is 1.28. The monoisotopic (exact) mass is 245 g/mol. The lowest BCUT2D eigenvalue weighted by Gasteiger charge is -2.36. The van der Waals surface area contributed by atoms with Crippen molar-refractivity contribution in [1.82, 2.24) is 5.32 Å². The highest BCUT2D eigenvalue weighted by molar-refractivity contribution is 7.14. The van der Waals surface area contributed by atoms with Crippen LogP contribution in [0, 0.1) is 0 Å². The first-order chi connectivity index (χ1) is 7.19. The van der Waals surface area contributed by atoms with Gasteiger partial charge in [-0.15, -0.1) is 11.3 Å². The van der Waals surface area contributed by atoms with Crippen LogP contribution in [0.1, 0.15) is 31.4 Å². The van der Waals surface area contributed by atoms with Gasteiger partial charge in [0, 0.05) is 19.2 Å². The topological polar surface area (TPSA) is 21.3 Å². The van der Waals surface area contributed by atoms with Gasteiger partial charge in [0.05, 0.1) is 10.4 Å². The summed E-state index contributed by atoms with van der Waals surface area (Å²) >= 11 is 7.50. The highest BCUT2D eigenvalue weighted by Crippen LogP contribution is 2.28. The molecule has 0 amide bonds. The predicted molar refractivity (Wildman–Crippen MR) is 64.7 cm³/mol. The van der Waals surface area contributed by atoms with Crippen LogP contribution in [0.5, 0.6) is 0 Å². The van der Waals surface area contributed by atoms with Crippen LogP contribution < -0.4 is 5.32 Å². The van der Waals surface area contributed by atoms with Gasteiger partial charge in [0.15, 0.2) is 0 Å². The van der Waals surface area contributed by atoms with E-state index in [1.807, 2.05) is 6.07 Å². The maximum absolute atomic E-state index is 5.91. The third-order valence-corrected chi connectivity index (χ3v) is 4.11. The standard InChI is InChI=1S/C11H16ClNOS/c1-7(8-3-11(12)15-6-8)13-9-4-10(5-9)14-2/h3,6-7,9-10,13H,4-5H2,1-2H3. The molecular weight excluding hydrogens is 230 g/mol. The third kappa shape index (κ3) is 2.72. The summed E-state index contributed by atoms with van der Waals surface area (Å²) in [6.45, 7) is 2.18.